The van der Waals surface area contributed by atoms with Gasteiger partial charge in [0.15, 0.2) is 0 Å². The molecule has 2 unspecified atom stereocenters. The predicted molar refractivity (Wildman–Crippen MR) is 67.3 cm³/mol. The lowest BCUT2D eigenvalue weighted by atomic mass is 10.1. The molecule has 1 amide bonds. The molecule has 2 heterocycles. The predicted octanol–water partition coefficient (Wildman–Crippen LogP) is 0.923. The molecule has 2 rings (SSSR count). The molecule has 2 atom stereocenters. The van der Waals surface area contributed by atoms with Crippen molar-refractivity contribution >= 4 is 17.4 Å². The van der Waals surface area contributed by atoms with Gasteiger partial charge in [0.1, 0.15) is 4.88 Å². The molecule has 6 heteroatoms. The highest BCUT2D eigenvalue weighted by molar-refractivity contribution is 7.08. The first-order chi connectivity index (χ1) is 8.13. The van der Waals surface area contributed by atoms with Crippen molar-refractivity contribution in [3.05, 3.63) is 10.6 Å². The van der Waals surface area contributed by atoms with Crippen LogP contribution in [0.4, 0.5) is 0 Å². The van der Waals surface area contributed by atoms with Crippen molar-refractivity contribution in [2.45, 2.75) is 39.3 Å². The molecule has 0 aromatic carbocycles. The number of rotatable bonds is 2. The summed E-state index contributed by atoms with van der Waals surface area (Å²) in [6.45, 7) is 7.76. The van der Waals surface area contributed by atoms with Crippen molar-refractivity contribution in [1.29, 1.82) is 0 Å². The summed E-state index contributed by atoms with van der Waals surface area (Å²) >= 11 is 1.21. The van der Waals surface area contributed by atoms with E-state index in [1.54, 1.807) is 0 Å². The highest BCUT2D eigenvalue weighted by Crippen LogP contribution is 2.17. The summed E-state index contributed by atoms with van der Waals surface area (Å²) in [5.74, 6) is 0.0812. The Morgan fingerprint density at radius 2 is 2.35 bits per heavy atom. The van der Waals surface area contributed by atoms with Crippen molar-refractivity contribution in [3.63, 3.8) is 0 Å². The summed E-state index contributed by atoms with van der Waals surface area (Å²) in [5.41, 5.74) is 0.818. The van der Waals surface area contributed by atoms with Gasteiger partial charge in [0.05, 0.1) is 5.69 Å². The molecule has 1 aliphatic rings. The maximum atomic E-state index is 12.4. The average Bonchev–Trinajstić information content (AvgIpc) is 2.79. The van der Waals surface area contributed by atoms with E-state index in [1.807, 2.05) is 11.8 Å². The first-order valence-electron chi connectivity index (χ1n) is 5.99. The minimum atomic E-state index is 0.0812. The van der Waals surface area contributed by atoms with Crippen molar-refractivity contribution in [2.75, 3.05) is 13.1 Å². The fraction of sp³-hybridized carbons (Fsp3) is 0.727. The number of aryl methyl sites for hydroxylation is 1. The quantitative estimate of drug-likeness (QED) is 0.853. The smallest absolute Gasteiger partial charge is 0.267 e. The molecule has 0 radical (unpaired) electrons. The van der Waals surface area contributed by atoms with Crippen molar-refractivity contribution in [3.8, 4) is 0 Å². The molecule has 1 aliphatic heterocycles. The van der Waals surface area contributed by atoms with Gasteiger partial charge in [0, 0.05) is 25.2 Å². The second-order valence-corrected chi connectivity index (χ2v) is 5.27. The summed E-state index contributed by atoms with van der Waals surface area (Å²) in [6.07, 6.45) is 0.758. The minimum Gasteiger partial charge on any atom is -0.332 e. The zero-order valence-electron chi connectivity index (χ0n) is 10.4. The van der Waals surface area contributed by atoms with E-state index >= 15 is 0 Å². The van der Waals surface area contributed by atoms with Crippen LogP contribution in [0.25, 0.3) is 0 Å². The average molecular weight is 254 g/mol. The molecule has 1 aromatic heterocycles. The van der Waals surface area contributed by atoms with Crippen molar-refractivity contribution in [2.24, 2.45) is 0 Å². The molecular formula is C11H18N4OS. The van der Waals surface area contributed by atoms with Crippen LogP contribution in [0.1, 0.15) is 36.1 Å². The van der Waals surface area contributed by atoms with Gasteiger partial charge in [-0.05, 0) is 31.8 Å². The number of carbonyl (C=O) groups is 1. The van der Waals surface area contributed by atoms with E-state index in [9.17, 15) is 4.79 Å². The number of amides is 1. The number of aromatic nitrogens is 2. The van der Waals surface area contributed by atoms with E-state index in [-0.39, 0.29) is 11.9 Å². The minimum absolute atomic E-state index is 0.0812. The van der Waals surface area contributed by atoms with E-state index < -0.39 is 0 Å². The van der Waals surface area contributed by atoms with Gasteiger partial charge in [0.25, 0.3) is 5.91 Å². The molecule has 0 bridgehead atoms. The van der Waals surface area contributed by atoms with Crippen LogP contribution in [0.3, 0.4) is 0 Å². The zero-order valence-corrected chi connectivity index (χ0v) is 11.3. The van der Waals surface area contributed by atoms with Gasteiger partial charge in [-0.1, -0.05) is 11.4 Å². The van der Waals surface area contributed by atoms with E-state index in [0.717, 1.165) is 25.2 Å². The van der Waals surface area contributed by atoms with Gasteiger partial charge in [-0.15, -0.1) is 5.10 Å². The van der Waals surface area contributed by atoms with E-state index in [0.29, 0.717) is 10.9 Å². The SMILES string of the molecule is CCc1nnsc1C(=O)N1CC(C)NCC1C. The highest BCUT2D eigenvalue weighted by atomic mass is 32.1. The van der Waals surface area contributed by atoms with Gasteiger partial charge < -0.3 is 10.2 Å². The fourth-order valence-electron chi connectivity index (χ4n) is 2.04. The summed E-state index contributed by atoms with van der Waals surface area (Å²) in [7, 11) is 0. The summed E-state index contributed by atoms with van der Waals surface area (Å²) in [6, 6.07) is 0.576. The Balaban J connectivity index is 2.18. The monoisotopic (exact) mass is 254 g/mol. The standard InChI is InChI=1S/C11H18N4OS/c1-4-9-10(17-14-13-9)11(16)15-6-7(2)12-5-8(15)3/h7-8,12H,4-6H2,1-3H3. The molecule has 17 heavy (non-hydrogen) atoms. The third-order valence-electron chi connectivity index (χ3n) is 3.11. The number of carbonyl (C=O) groups excluding carboxylic acids is 1. The highest BCUT2D eigenvalue weighted by Gasteiger charge is 2.29. The molecule has 1 saturated heterocycles. The molecule has 0 spiro atoms. The van der Waals surface area contributed by atoms with Crippen LogP contribution in [-0.2, 0) is 6.42 Å². The van der Waals surface area contributed by atoms with Crippen LogP contribution in [0.2, 0.25) is 0 Å². The molecule has 0 saturated carbocycles. The van der Waals surface area contributed by atoms with E-state index in [2.05, 4.69) is 28.8 Å². The maximum absolute atomic E-state index is 12.4. The number of piperazine rings is 1. The third kappa shape index (κ3) is 2.47. The first kappa shape index (κ1) is 12.4. The van der Waals surface area contributed by atoms with Gasteiger partial charge in [-0.3, -0.25) is 4.79 Å². The first-order valence-corrected chi connectivity index (χ1v) is 6.76. The Hall–Kier alpha value is -1.01. The van der Waals surface area contributed by atoms with Crippen molar-refractivity contribution < 1.29 is 4.79 Å². The normalized spacial score (nSPS) is 25.0. The lowest BCUT2D eigenvalue weighted by Crippen LogP contribution is -2.56. The number of nitrogens with one attached hydrogen (secondary N) is 1. The lowest BCUT2D eigenvalue weighted by molar-refractivity contribution is 0.0620. The molecule has 1 fully saturated rings. The maximum Gasteiger partial charge on any atom is 0.267 e. The topological polar surface area (TPSA) is 58.1 Å². The Kier molecular flexibility index (Phi) is 3.73. The Morgan fingerprint density at radius 3 is 3.06 bits per heavy atom. The van der Waals surface area contributed by atoms with Crippen LogP contribution in [0.15, 0.2) is 0 Å². The van der Waals surface area contributed by atoms with Gasteiger partial charge in [-0.25, -0.2) is 0 Å². The second-order valence-electron chi connectivity index (χ2n) is 4.52. The molecule has 94 valence electrons. The number of nitrogens with zero attached hydrogens (tertiary/aromatic N) is 3. The molecule has 1 aromatic rings. The van der Waals surface area contributed by atoms with Crippen LogP contribution in [0.5, 0.6) is 0 Å². The molecule has 1 N–H and O–H groups in total. The second kappa shape index (κ2) is 5.10. The molecule has 0 aliphatic carbocycles. The summed E-state index contributed by atoms with van der Waals surface area (Å²) in [5, 5.41) is 7.37. The fourth-order valence-corrected chi connectivity index (χ4v) is 2.74. The lowest BCUT2D eigenvalue weighted by Gasteiger charge is -2.37. The van der Waals surface area contributed by atoms with Crippen molar-refractivity contribution in [1.82, 2.24) is 19.8 Å². The Labute approximate surface area is 105 Å². The van der Waals surface area contributed by atoms with E-state index in [1.165, 1.54) is 11.5 Å². The zero-order chi connectivity index (χ0) is 12.4. The third-order valence-corrected chi connectivity index (χ3v) is 3.87. The van der Waals surface area contributed by atoms with E-state index in [4.69, 9.17) is 0 Å². The van der Waals surface area contributed by atoms with Crippen LogP contribution >= 0.6 is 11.5 Å². The van der Waals surface area contributed by atoms with Crippen LogP contribution in [-0.4, -0.2) is 45.6 Å². The number of hydrogen-bond acceptors (Lipinski definition) is 5. The van der Waals surface area contributed by atoms with Gasteiger partial charge >= 0.3 is 0 Å². The van der Waals surface area contributed by atoms with Gasteiger partial charge in [-0.2, -0.15) is 0 Å². The van der Waals surface area contributed by atoms with Crippen LogP contribution in [0, 0.1) is 0 Å². The number of hydrogen-bond donors (Lipinski definition) is 1. The Bertz CT molecular complexity index is 406. The molecular weight excluding hydrogens is 236 g/mol. The summed E-state index contributed by atoms with van der Waals surface area (Å²) < 4.78 is 3.88. The molecule has 5 nitrogen and oxygen atoms in total. The van der Waals surface area contributed by atoms with Crippen LogP contribution < -0.4 is 5.32 Å². The Morgan fingerprint density at radius 1 is 1.59 bits per heavy atom. The largest absolute Gasteiger partial charge is 0.332 e. The van der Waals surface area contributed by atoms with Gasteiger partial charge in [0.2, 0.25) is 0 Å². The summed E-state index contributed by atoms with van der Waals surface area (Å²) in [4.78, 5) is 15.1.